The SMILES string of the molecule is CC1CN(C(=O)c2ccccc2)CCN1S(=O)(=O)c1ccc(-c2cn(Cc3ccccc3)nn2)s1. The molecule has 180 valence electrons. The molecule has 2 aromatic carbocycles. The Morgan fingerprint density at radius 2 is 1.71 bits per heavy atom. The van der Waals surface area contributed by atoms with Crippen LogP contribution in [0.15, 0.2) is 83.2 Å². The summed E-state index contributed by atoms with van der Waals surface area (Å²) in [4.78, 5) is 15.3. The van der Waals surface area contributed by atoms with Gasteiger partial charge in [-0.3, -0.25) is 4.79 Å². The molecule has 4 aromatic rings. The largest absolute Gasteiger partial charge is 0.336 e. The molecule has 0 radical (unpaired) electrons. The number of carbonyl (C=O) groups is 1. The van der Waals surface area contributed by atoms with E-state index in [0.717, 1.165) is 10.4 Å². The second-order valence-electron chi connectivity index (χ2n) is 8.49. The van der Waals surface area contributed by atoms with Crippen molar-refractivity contribution in [1.29, 1.82) is 0 Å². The molecule has 0 bridgehead atoms. The molecule has 1 aliphatic rings. The number of hydrogen-bond donors (Lipinski definition) is 0. The molecule has 1 saturated heterocycles. The molecular formula is C25H25N5O3S2. The van der Waals surface area contributed by atoms with E-state index in [1.165, 1.54) is 15.6 Å². The van der Waals surface area contributed by atoms with Crippen molar-refractivity contribution in [3.8, 4) is 10.6 Å². The predicted molar refractivity (Wildman–Crippen MR) is 135 cm³/mol. The van der Waals surface area contributed by atoms with Crippen LogP contribution in [-0.2, 0) is 16.6 Å². The Morgan fingerprint density at radius 3 is 2.43 bits per heavy atom. The van der Waals surface area contributed by atoms with E-state index in [0.29, 0.717) is 30.9 Å². The summed E-state index contributed by atoms with van der Waals surface area (Å²) >= 11 is 1.19. The van der Waals surface area contributed by atoms with Crippen LogP contribution in [-0.4, -0.2) is 64.2 Å². The lowest BCUT2D eigenvalue weighted by atomic mass is 10.1. The second-order valence-corrected chi connectivity index (χ2v) is 11.7. The molecular weight excluding hydrogens is 482 g/mol. The first kappa shape index (κ1) is 23.4. The van der Waals surface area contributed by atoms with E-state index in [2.05, 4.69) is 10.3 Å². The topological polar surface area (TPSA) is 88.4 Å². The van der Waals surface area contributed by atoms with Crippen LogP contribution in [0.1, 0.15) is 22.8 Å². The molecule has 35 heavy (non-hydrogen) atoms. The van der Waals surface area contributed by atoms with Crippen LogP contribution in [0.3, 0.4) is 0 Å². The normalized spacial score (nSPS) is 16.9. The molecule has 8 nitrogen and oxygen atoms in total. The first-order valence-corrected chi connectivity index (χ1v) is 13.6. The number of amides is 1. The van der Waals surface area contributed by atoms with Gasteiger partial charge in [-0.1, -0.05) is 53.7 Å². The van der Waals surface area contributed by atoms with Gasteiger partial charge in [0, 0.05) is 31.2 Å². The zero-order chi connectivity index (χ0) is 24.4. The summed E-state index contributed by atoms with van der Waals surface area (Å²) in [6.07, 6.45) is 1.83. The number of aromatic nitrogens is 3. The van der Waals surface area contributed by atoms with Gasteiger partial charge in [0.2, 0.25) is 0 Å². The third-order valence-electron chi connectivity index (χ3n) is 6.00. The zero-order valence-electron chi connectivity index (χ0n) is 19.2. The Balaban J connectivity index is 1.28. The fourth-order valence-corrected chi connectivity index (χ4v) is 7.22. The minimum Gasteiger partial charge on any atom is -0.336 e. The lowest BCUT2D eigenvalue weighted by Crippen LogP contribution is -2.55. The summed E-state index contributed by atoms with van der Waals surface area (Å²) in [6, 6.07) is 22.1. The third-order valence-corrected chi connectivity index (χ3v) is 9.59. The van der Waals surface area contributed by atoms with Crippen LogP contribution in [0, 0.1) is 0 Å². The lowest BCUT2D eigenvalue weighted by molar-refractivity contribution is 0.0642. The van der Waals surface area contributed by atoms with Gasteiger partial charge >= 0.3 is 0 Å². The average Bonchev–Trinajstić information content (AvgIpc) is 3.55. The van der Waals surface area contributed by atoms with Gasteiger partial charge in [-0.2, -0.15) is 4.31 Å². The predicted octanol–water partition coefficient (Wildman–Crippen LogP) is 3.59. The quantitative estimate of drug-likeness (QED) is 0.398. The summed E-state index contributed by atoms with van der Waals surface area (Å²) in [7, 11) is -3.69. The summed E-state index contributed by atoms with van der Waals surface area (Å²) in [5.74, 6) is -0.0773. The summed E-state index contributed by atoms with van der Waals surface area (Å²) in [5, 5.41) is 8.42. The highest BCUT2D eigenvalue weighted by molar-refractivity contribution is 7.91. The lowest BCUT2D eigenvalue weighted by Gasteiger charge is -2.38. The van der Waals surface area contributed by atoms with E-state index in [-0.39, 0.29) is 22.7 Å². The van der Waals surface area contributed by atoms with Crippen molar-refractivity contribution in [2.75, 3.05) is 19.6 Å². The molecule has 1 unspecified atom stereocenters. The van der Waals surface area contributed by atoms with Crippen molar-refractivity contribution in [2.24, 2.45) is 0 Å². The number of benzene rings is 2. The fraction of sp³-hybridized carbons (Fsp3) is 0.240. The van der Waals surface area contributed by atoms with Crippen LogP contribution in [0.25, 0.3) is 10.6 Å². The number of hydrogen-bond acceptors (Lipinski definition) is 6. The van der Waals surface area contributed by atoms with Gasteiger partial charge in [0.25, 0.3) is 15.9 Å². The molecule has 5 rings (SSSR count). The van der Waals surface area contributed by atoms with E-state index in [1.54, 1.807) is 33.8 Å². The minimum atomic E-state index is -3.69. The number of nitrogens with zero attached hydrogens (tertiary/aromatic N) is 5. The minimum absolute atomic E-state index is 0.0773. The third kappa shape index (κ3) is 4.90. The molecule has 1 amide bonds. The number of piperazine rings is 1. The zero-order valence-corrected chi connectivity index (χ0v) is 20.8. The van der Waals surface area contributed by atoms with Gasteiger partial charge in [-0.15, -0.1) is 16.4 Å². The highest BCUT2D eigenvalue weighted by atomic mass is 32.2. The Kier molecular flexibility index (Phi) is 6.50. The number of sulfonamides is 1. The second kappa shape index (κ2) is 9.73. The average molecular weight is 508 g/mol. The van der Waals surface area contributed by atoms with Gasteiger partial charge in [-0.25, -0.2) is 13.1 Å². The summed E-state index contributed by atoms with van der Waals surface area (Å²) < 4.78 is 30.3. The summed E-state index contributed by atoms with van der Waals surface area (Å²) in [5.41, 5.74) is 2.36. The molecule has 0 N–H and O–H groups in total. The number of carbonyl (C=O) groups excluding carboxylic acids is 1. The maximum absolute atomic E-state index is 13.4. The number of thiophene rings is 1. The fourth-order valence-electron chi connectivity index (χ4n) is 4.22. The van der Waals surface area contributed by atoms with Crippen LogP contribution in [0.4, 0.5) is 0 Å². The first-order chi connectivity index (χ1) is 16.9. The van der Waals surface area contributed by atoms with Crippen molar-refractivity contribution in [3.05, 3.63) is 90.1 Å². The van der Waals surface area contributed by atoms with Gasteiger partial charge in [0.05, 0.1) is 17.6 Å². The molecule has 1 aliphatic heterocycles. The van der Waals surface area contributed by atoms with Crippen molar-refractivity contribution in [1.82, 2.24) is 24.2 Å². The van der Waals surface area contributed by atoms with Crippen molar-refractivity contribution < 1.29 is 13.2 Å². The standard InChI is InChI=1S/C25H25N5O3S2/c1-19-16-28(25(31)21-10-6-3-7-11-21)14-15-30(19)35(32,33)24-13-12-23(34-24)22-18-29(27-26-22)17-20-8-4-2-5-9-20/h2-13,18-19H,14-17H2,1H3. The Morgan fingerprint density at radius 1 is 1.00 bits per heavy atom. The Hall–Kier alpha value is -3.34. The first-order valence-electron chi connectivity index (χ1n) is 11.3. The van der Waals surface area contributed by atoms with Crippen molar-refractivity contribution >= 4 is 27.3 Å². The highest BCUT2D eigenvalue weighted by Gasteiger charge is 2.36. The molecule has 0 aliphatic carbocycles. The molecule has 1 fully saturated rings. The van der Waals surface area contributed by atoms with E-state index in [1.807, 2.05) is 61.7 Å². The number of rotatable bonds is 6. The smallest absolute Gasteiger partial charge is 0.253 e. The maximum atomic E-state index is 13.4. The van der Waals surface area contributed by atoms with Gasteiger partial charge < -0.3 is 4.90 Å². The van der Waals surface area contributed by atoms with E-state index in [4.69, 9.17) is 0 Å². The maximum Gasteiger partial charge on any atom is 0.253 e. The monoisotopic (exact) mass is 507 g/mol. The van der Waals surface area contributed by atoms with Crippen LogP contribution >= 0.6 is 11.3 Å². The highest BCUT2D eigenvalue weighted by Crippen LogP contribution is 2.32. The van der Waals surface area contributed by atoms with Crippen LogP contribution in [0.5, 0.6) is 0 Å². The van der Waals surface area contributed by atoms with E-state index < -0.39 is 10.0 Å². The van der Waals surface area contributed by atoms with Gasteiger partial charge in [0.1, 0.15) is 9.90 Å². The summed E-state index contributed by atoms with van der Waals surface area (Å²) in [6.45, 7) is 3.38. The molecule has 2 aromatic heterocycles. The van der Waals surface area contributed by atoms with E-state index in [9.17, 15) is 13.2 Å². The Labute approximate surface area is 208 Å². The van der Waals surface area contributed by atoms with Gasteiger partial charge in [-0.05, 0) is 36.8 Å². The molecule has 0 spiro atoms. The van der Waals surface area contributed by atoms with Crippen molar-refractivity contribution in [2.45, 2.75) is 23.7 Å². The van der Waals surface area contributed by atoms with Crippen molar-refractivity contribution in [3.63, 3.8) is 0 Å². The van der Waals surface area contributed by atoms with Gasteiger partial charge in [0.15, 0.2) is 0 Å². The molecule has 0 saturated carbocycles. The van der Waals surface area contributed by atoms with E-state index >= 15 is 0 Å². The molecule has 10 heteroatoms. The molecule has 3 heterocycles. The van der Waals surface area contributed by atoms with Crippen LogP contribution in [0.2, 0.25) is 0 Å². The molecule has 1 atom stereocenters. The van der Waals surface area contributed by atoms with Crippen LogP contribution < -0.4 is 0 Å². The Bertz CT molecular complexity index is 1420.